The van der Waals surface area contributed by atoms with Gasteiger partial charge in [-0.3, -0.25) is 4.79 Å². The number of alkyl halides is 3. The Kier molecular flexibility index (Phi) is 6.39. The molecule has 0 bridgehead atoms. The molecule has 2 aromatic rings. The molecule has 0 saturated heterocycles. The normalized spacial score (nSPS) is 12.1. The maximum atomic E-state index is 13.5. The number of hydrogen-bond donors (Lipinski definition) is 1. The van der Waals surface area contributed by atoms with Crippen molar-refractivity contribution in [3.63, 3.8) is 0 Å². The number of phenols is 1. The van der Waals surface area contributed by atoms with Crippen molar-refractivity contribution in [1.29, 1.82) is 0 Å². The standard InChI is InChI=1S/C21H23F3NO3/c1-20(2,3)10-16(26)15-8-9-17(18(19(15)27)21(22,23)24)28-12-14-6-4-13(11-25)5-7-14/h4-9,25,27H,10-12H2,1-3H3/q-1. The molecular formula is C21H23F3NO3-. The zero-order valence-electron chi connectivity index (χ0n) is 16.0. The molecule has 0 aliphatic rings. The van der Waals surface area contributed by atoms with Crippen LogP contribution in [0.5, 0.6) is 11.5 Å². The summed E-state index contributed by atoms with van der Waals surface area (Å²) in [7, 11) is 0. The first-order valence-electron chi connectivity index (χ1n) is 8.74. The van der Waals surface area contributed by atoms with E-state index >= 15 is 0 Å². The van der Waals surface area contributed by atoms with Gasteiger partial charge in [0.1, 0.15) is 23.7 Å². The van der Waals surface area contributed by atoms with Crippen molar-refractivity contribution in [1.82, 2.24) is 0 Å². The summed E-state index contributed by atoms with van der Waals surface area (Å²) < 4.78 is 45.9. The Morgan fingerprint density at radius 1 is 1.04 bits per heavy atom. The number of halogens is 3. The molecule has 0 unspecified atom stereocenters. The third-order valence-electron chi connectivity index (χ3n) is 4.04. The summed E-state index contributed by atoms with van der Waals surface area (Å²) >= 11 is 0. The van der Waals surface area contributed by atoms with Gasteiger partial charge in [0.05, 0.1) is 5.56 Å². The number of aromatic hydroxyl groups is 1. The summed E-state index contributed by atoms with van der Waals surface area (Å²) in [4.78, 5) is 12.3. The van der Waals surface area contributed by atoms with Gasteiger partial charge in [0.25, 0.3) is 0 Å². The van der Waals surface area contributed by atoms with E-state index in [4.69, 9.17) is 10.5 Å². The highest BCUT2D eigenvalue weighted by molar-refractivity contribution is 5.99. The van der Waals surface area contributed by atoms with Crippen LogP contribution >= 0.6 is 0 Å². The number of phenolic OH excluding ortho intramolecular Hbond substituents is 1. The molecule has 2 aromatic carbocycles. The van der Waals surface area contributed by atoms with E-state index in [9.17, 15) is 23.1 Å². The van der Waals surface area contributed by atoms with Crippen molar-refractivity contribution in [3.8, 4) is 11.5 Å². The lowest BCUT2D eigenvalue weighted by molar-refractivity contribution is -0.140. The second-order valence-corrected chi connectivity index (χ2v) is 7.78. The van der Waals surface area contributed by atoms with Gasteiger partial charge in [-0.1, -0.05) is 50.6 Å². The molecule has 0 aliphatic heterocycles. The molecule has 7 heteroatoms. The molecular weight excluding hydrogens is 371 g/mol. The third kappa shape index (κ3) is 5.48. The van der Waals surface area contributed by atoms with Crippen LogP contribution in [0.15, 0.2) is 36.4 Å². The van der Waals surface area contributed by atoms with Gasteiger partial charge in [0.15, 0.2) is 5.78 Å². The molecule has 0 aliphatic carbocycles. The van der Waals surface area contributed by atoms with Crippen LogP contribution in [0, 0.1) is 5.41 Å². The van der Waals surface area contributed by atoms with Gasteiger partial charge in [-0.25, -0.2) is 0 Å². The summed E-state index contributed by atoms with van der Waals surface area (Å²) in [6.07, 6.45) is -4.88. The lowest BCUT2D eigenvalue weighted by atomic mass is 9.87. The minimum atomic E-state index is -4.88. The SMILES string of the molecule is CC(C)(C)CC(=O)c1ccc(OCc2ccc(C[NH-])cc2)c(C(F)(F)F)c1O. The Bertz CT molecular complexity index is 838. The summed E-state index contributed by atoms with van der Waals surface area (Å²) in [6, 6.07) is 8.95. The van der Waals surface area contributed by atoms with E-state index in [0.29, 0.717) is 5.56 Å². The molecule has 0 saturated carbocycles. The number of ether oxygens (including phenoxy) is 1. The van der Waals surface area contributed by atoms with Crippen molar-refractivity contribution in [2.24, 2.45) is 5.41 Å². The molecule has 4 nitrogen and oxygen atoms in total. The van der Waals surface area contributed by atoms with Gasteiger partial charge in [0.2, 0.25) is 0 Å². The van der Waals surface area contributed by atoms with E-state index in [1.807, 2.05) is 0 Å². The van der Waals surface area contributed by atoms with Gasteiger partial charge in [0, 0.05) is 6.42 Å². The number of hydrogen-bond acceptors (Lipinski definition) is 3. The largest absolute Gasteiger partial charge is 0.674 e. The molecule has 0 heterocycles. The van der Waals surface area contributed by atoms with Gasteiger partial charge in [-0.2, -0.15) is 13.2 Å². The quantitative estimate of drug-likeness (QED) is 0.596. The fourth-order valence-corrected chi connectivity index (χ4v) is 2.68. The number of Topliss-reactive ketones (excluding diaryl/α,β-unsaturated/α-hetero) is 1. The summed E-state index contributed by atoms with van der Waals surface area (Å²) in [5.74, 6) is -2.21. The van der Waals surface area contributed by atoms with Crippen molar-refractivity contribution >= 4 is 5.78 Å². The zero-order valence-corrected chi connectivity index (χ0v) is 16.0. The highest BCUT2D eigenvalue weighted by Gasteiger charge is 2.40. The molecule has 0 radical (unpaired) electrons. The van der Waals surface area contributed by atoms with Crippen molar-refractivity contribution < 1.29 is 27.8 Å². The van der Waals surface area contributed by atoms with E-state index in [2.05, 4.69) is 0 Å². The second-order valence-electron chi connectivity index (χ2n) is 7.78. The second kappa shape index (κ2) is 8.22. The highest BCUT2D eigenvalue weighted by Crippen LogP contribution is 2.44. The predicted molar refractivity (Wildman–Crippen MR) is 100 cm³/mol. The van der Waals surface area contributed by atoms with Crippen LogP contribution in [-0.4, -0.2) is 10.9 Å². The molecule has 0 amide bonds. The molecule has 0 aromatic heterocycles. The van der Waals surface area contributed by atoms with Crippen LogP contribution in [0.1, 0.15) is 54.2 Å². The average molecular weight is 394 g/mol. The molecule has 28 heavy (non-hydrogen) atoms. The number of carbonyl (C=O) groups is 1. The van der Waals surface area contributed by atoms with E-state index < -0.39 is 34.4 Å². The molecule has 152 valence electrons. The van der Waals surface area contributed by atoms with E-state index in [1.165, 1.54) is 0 Å². The lowest BCUT2D eigenvalue weighted by Crippen LogP contribution is -2.15. The summed E-state index contributed by atoms with van der Waals surface area (Å²) in [5, 5.41) is 10.2. The first-order chi connectivity index (χ1) is 12.9. The third-order valence-corrected chi connectivity index (χ3v) is 4.04. The Hall–Kier alpha value is -2.54. The van der Waals surface area contributed by atoms with Gasteiger partial charge >= 0.3 is 6.18 Å². The van der Waals surface area contributed by atoms with Crippen molar-refractivity contribution in [2.45, 2.75) is 46.5 Å². The van der Waals surface area contributed by atoms with Crippen LogP contribution in [0.25, 0.3) is 5.73 Å². The molecule has 0 atom stereocenters. The number of benzene rings is 2. The number of carbonyl (C=O) groups excluding carboxylic acids is 1. The van der Waals surface area contributed by atoms with Crippen LogP contribution < -0.4 is 4.74 Å². The Balaban J connectivity index is 2.33. The molecule has 2 N–H and O–H groups in total. The van der Waals surface area contributed by atoms with Crippen molar-refractivity contribution in [2.75, 3.05) is 0 Å². The maximum absolute atomic E-state index is 13.5. The summed E-state index contributed by atoms with van der Waals surface area (Å²) in [6.45, 7) is 5.33. The van der Waals surface area contributed by atoms with E-state index in [1.54, 1.807) is 45.0 Å². The number of ketones is 1. The van der Waals surface area contributed by atoms with E-state index in [-0.39, 0.29) is 25.1 Å². The average Bonchev–Trinajstić information content (AvgIpc) is 2.57. The number of nitrogens with one attached hydrogen (secondary N) is 1. The Labute approximate surface area is 162 Å². The zero-order chi connectivity index (χ0) is 21.1. The van der Waals surface area contributed by atoms with Crippen LogP contribution in [-0.2, 0) is 19.3 Å². The van der Waals surface area contributed by atoms with Crippen molar-refractivity contribution in [3.05, 3.63) is 64.4 Å². The molecule has 0 fully saturated rings. The van der Waals surface area contributed by atoms with Crippen LogP contribution in [0.4, 0.5) is 13.2 Å². The monoisotopic (exact) mass is 394 g/mol. The Morgan fingerprint density at radius 2 is 1.61 bits per heavy atom. The molecule has 2 rings (SSSR count). The van der Waals surface area contributed by atoms with E-state index in [0.717, 1.165) is 17.7 Å². The van der Waals surface area contributed by atoms with Gasteiger partial charge in [-0.05, 0) is 23.1 Å². The van der Waals surface area contributed by atoms with Crippen LogP contribution in [0.3, 0.4) is 0 Å². The fourth-order valence-electron chi connectivity index (χ4n) is 2.68. The van der Waals surface area contributed by atoms with Gasteiger partial charge < -0.3 is 15.6 Å². The number of rotatable bonds is 6. The minimum Gasteiger partial charge on any atom is -0.674 e. The first kappa shape index (κ1) is 21.8. The maximum Gasteiger partial charge on any atom is 0.423 e. The first-order valence-corrected chi connectivity index (χ1v) is 8.74. The minimum absolute atomic E-state index is 0.000406. The van der Waals surface area contributed by atoms with Crippen LogP contribution in [0.2, 0.25) is 0 Å². The predicted octanol–water partition coefficient (Wildman–Crippen LogP) is 6.16. The topological polar surface area (TPSA) is 70.3 Å². The lowest BCUT2D eigenvalue weighted by Gasteiger charge is -2.20. The van der Waals surface area contributed by atoms with Gasteiger partial charge in [-0.15, -0.1) is 6.54 Å². The fraction of sp³-hybridized carbons (Fsp3) is 0.381. The highest BCUT2D eigenvalue weighted by atomic mass is 19.4. The molecule has 0 spiro atoms. The Morgan fingerprint density at radius 3 is 2.11 bits per heavy atom. The smallest absolute Gasteiger partial charge is 0.423 e. The summed E-state index contributed by atoms with van der Waals surface area (Å²) in [5.41, 5.74) is 6.52.